The van der Waals surface area contributed by atoms with Crippen LogP contribution < -0.4 is 0 Å². The number of nitrogens with zero attached hydrogens (tertiary/aromatic N) is 2. The monoisotopic (exact) mass is 332 g/mol. The van der Waals surface area contributed by atoms with Crippen molar-refractivity contribution in [3.63, 3.8) is 0 Å². The van der Waals surface area contributed by atoms with Crippen LogP contribution in [0, 0.1) is 6.92 Å². The number of benzene rings is 2. The van der Waals surface area contributed by atoms with E-state index >= 15 is 0 Å². The van der Waals surface area contributed by atoms with Crippen molar-refractivity contribution >= 4 is 22.5 Å². The van der Waals surface area contributed by atoms with Gasteiger partial charge in [0.2, 0.25) is 11.8 Å². The lowest BCUT2D eigenvalue weighted by Crippen LogP contribution is -2.07. The Morgan fingerprint density at radius 3 is 2.52 bits per heavy atom. The molecule has 4 rings (SSSR count). The molecule has 1 aliphatic rings. The largest absolute Gasteiger partial charge is 0.494 e. The second-order valence-corrected chi connectivity index (χ2v) is 6.65. The van der Waals surface area contributed by atoms with E-state index in [0.717, 1.165) is 40.6 Å². The number of aromatic nitrogens is 1. The predicted octanol–water partition coefficient (Wildman–Crippen LogP) is 4.32. The van der Waals surface area contributed by atoms with Crippen LogP contribution in [0.3, 0.4) is 0 Å². The van der Waals surface area contributed by atoms with Crippen LogP contribution in [0.1, 0.15) is 41.3 Å². The van der Waals surface area contributed by atoms with Crippen LogP contribution in [0.4, 0.5) is 0 Å². The summed E-state index contributed by atoms with van der Waals surface area (Å²) in [5.41, 5.74) is 4.12. The lowest BCUT2D eigenvalue weighted by molar-refractivity contribution is 0.0933. The number of fused-ring (bicyclic) bond motifs is 1. The first-order valence-electron chi connectivity index (χ1n) is 8.55. The van der Waals surface area contributed by atoms with Gasteiger partial charge in [-0.1, -0.05) is 42.5 Å². The average Bonchev–Trinajstić information content (AvgIpc) is 3.36. The van der Waals surface area contributed by atoms with E-state index in [9.17, 15) is 9.90 Å². The number of aryl methyl sites for hydroxylation is 1. The van der Waals surface area contributed by atoms with E-state index in [1.807, 2.05) is 55.5 Å². The van der Waals surface area contributed by atoms with Crippen LogP contribution in [0.25, 0.3) is 10.9 Å². The first kappa shape index (κ1) is 15.6. The van der Waals surface area contributed by atoms with Crippen molar-refractivity contribution in [1.82, 2.24) is 4.57 Å². The summed E-state index contributed by atoms with van der Waals surface area (Å²) in [5.74, 6) is -0.241. The van der Waals surface area contributed by atoms with Gasteiger partial charge in [-0.3, -0.25) is 14.4 Å². The lowest BCUT2D eigenvalue weighted by atomic mass is 10.0. The average molecular weight is 332 g/mol. The van der Waals surface area contributed by atoms with Gasteiger partial charge in [0, 0.05) is 17.9 Å². The molecular weight excluding hydrogens is 312 g/mol. The van der Waals surface area contributed by atoms with E-state index in [4.69, 9.17) is 4.99 Å². The highest BCUT2D eigenvalue weighted by molar-refractivity contribution is 6.22. The fraction of sp³-hybridized carbons (Fsp3) is 0.238. The van der Waals surface area contributed by atoms with E-state index in [0.29, 0.717) is 11.6 Å². The van der Waals surface area contributed by atoms with Crippen LogP contribution in [-0.4, -0.2) is 27.3 Å². The zero-order chi connectivity index (χ0) is 17.6. The fourth-order valence-corrected chi connectivity index (χ4v) is 3.20. The SMILES string of the molecule is CC(=O)n1c(O)c(C(=NC2CC2)c2ccccc2)c2ccc(C)cc21. The molecule has 0 aliphatic heterocycles. The van der Waals surface area contributed by atoms with E-state index in [2.05, 4.69) is 0 Å². The van der Waals surface area contributed by atoms with Crippen molar-refractivity contribution in [2.24, 2.45) is 4.99 Å². The molecule has 0 unspecified atom stereocenters. The summed E-state index contributed by atoms with van der Waals surface area (Å²) in [7, 11) is 0. The first-order chi connectivity index (χ1) is 12.1. The molecule has 0 saturated heterocycles. The Balaban J connectivity index is 2.04. The molecule has 25 heavy (non-hydrogen) atoms. The topological polar surface area (TPSA) is 54.6 Å². The molecule has 1 heterocycles. The number of hydrogen-bond donors (Lipinski definition) is 1. The third kappa shape index (κ3) is 2.74. The molecule has 2 aromatic carbocycles. The van der Waals surface area contributed by atoms with Crippen molar-refractivity contribution in [1.29, 1.82) is 0 Å². The summed E-state index contributed by atoms with van der Waals surface area (Å²) < 4.78 is 1.38. The van der Waals surface area contributed by atoms with E-state index in [1.54, 1.807) is 0 Å². The Hall–Kier alpha value is -2.88. The van der Waals surface area contributed by atoms with Crippen molar-refractivity contribution < 1.29 is 9.90 Å². The molecule has 1 fully saturated rings. The molecule has 0 spiro atoms. The molecule has 3 aromatic rings. The highest BCUT2D eigenvalue weighted by atomic mass is 16.3. The standard InChI is InChI=1S/C21H20N2O2/c1-13-8-11-17-18(12-13)23(14(2)24)21(25)19(17)20(22-16-9-10-16)15-6-4-3-5-7-15/h3-8,11-12,16,25H,9-10H2,1-2H3. The summed E-state index contributed by atoms with van der Waals surface area (Å²) in [6.45, 7) is 3.44. The van der Waals surface area contributed by atoms with Crippen LogP contribution in [-0.2, 0) is 0 Å². The second-order valence-electron chi connectivity index (χ2n) is 6.65. The number of carbonyl (C=O) groups excluding carboxylic acids is 1. The zero-order valence-electron chi connectivity index (χ0n) is 14.4. The smallest absolute Gasteiger partial charge is 0.230 e. The summed E-state index contributed by atoms with van der Waals surface area (Å²) in [6.07, 6.45) is 2.14. The fourth-order valence-electron chi connectivity index (χ4n) is 3.20. The van der Waals surface area contributed by atoms with Crippen molar-refractivity contribution in [2.75, 3.05) is 0 Å². The minimum Gasteiger partial charge on any atom is -0.494 e. The molecule has 1 aromatic heterocycles. The van der Waals surface area contributed by atoms with Gasteiger partial charge in [0.25, 0.3) is 0 Å². The summed E-state index contributed by atoms with van der Waals surface area (Å²) in [4.78, 5) is 17.0. The lowest BCUT2D eigenvalue weighted by Gasteiger charge is -2.08. The molecule has 4 nitrogen and oxygen atoms in total. The van der Waals surface area contributed by atoms with E-state index < -0.39 is 0 Å². The molecular formula is C21H20N2O2. The highest BCUT2D eigenvalue weighted by Crippen LogP contribution is 2.36. The quantitative estimate of drug-likeness (QED) is 0.726. The van der Waals surface area contributed by atoms with Gasteiger partial charge in [-0.15, -0.1) is 0 Å². The van der Waals surface area contributed by atoms with Crippen LogP contribution in [0.5, 0.6) is 5.88 Å². The van der Waals surface area contributed by atoms with E-state index in [-0.39, 0.29) is 11.8 Å². The Labute approximate surface area is 146 Å². The van der Waals surface area contributed by atoms with Gasteiger partial charge in [-0.25, -0.2) is 0 Å². The maximum absolute atomic E-state index is 12.2. The number of hydrogen-bond acceptors (Lipinski definition) is 3. The molecule has 0 bridgehead atoms. The minimum atomic E-state index is -0.210. The molecule has 1 saturated carbocycles. The van der Waals surface area contributed by atoms with Crippen LogP contribution >= 0.6 is 0 Å². The maximum Gasteiger partial charge on any atom is 0.230 e. The number of carbonyl (C=O) groups is 1. The molecule has 126 valence electrons. The second kappa shape index (κ2) is 5.88. The third-order valence-corrected chi connectivity index (χ3v) is 4.56. The zero-order valence-corrected chi connectivity index (χ0v) is 14.4. The van der Waals surface area contributed by atoms with Crippen molar-refractivity contribution in [3.05, 3.63) is 65.2 Å². The number of rotatable bonds is 3. The number of aromatic hydroxyl groups is 1. The van der Waals surface area contributed by atoms with Crippen molar-refractivity contribution in [2.45, 2.75) is 32.7 Å². The van der Waals surface area contributed by atoms with Crippen LogP contribution in [0.15, 0.2) is 53.5 Å². The molecule has 0 atom stereocenters. The Morgan fingerprint density at radius 1 is 1.16 bits per heavy atom. The van der Waals surface area contributed by atoms with E-state index in [1.165, 1.54) is 11.5 Å². The molecule has 0 amide bonds. The Morgan fingerprint density at radius 2 is 1.88 bits per heavy atom. The van der Waals surface area contributed by atoms with Gasteiger partial charge >= 0.3 is 0 Å². The highest BCUT2D eigenvalue weighted by Gasteiger charge is 2.27. The van der Waals surface area contributed by atoms with Gasteiger partial charge in [0.05, 0.1) is 22.8 Å². The first-order valence-corrected chi connectivity index (χ1v) is 8.55. The summed E-state index contributed by atoms with van der Waals surface area (Å²) in [5, 5.41) is 11.7. The van der Waals surface area contributed by atoms with Gasteiger partial charge in [-0.2, -0.15) is 0 Å². The summed E-state index contributed by atoms with van der Waals surface area (Å²) in [6, 6.07) is 16.1. The van der Waals surface area contributed by atoms with Gasteiger partial charge in [0.1, 0.15) is 0 Å². The predicted molar refractivity (Wildman–Crippen MR) is 99.7 cm³/mol. The molecule has 1 aliphatic carbocycles. The van der Waals surface area contributed by atoms with Gasteiger partial charge in [0.15, 0.2) is 0 Å². The maximum atomic E-state index is 12.2. The minimum absolute atomic E-state index is 0.0312. The Kier molecular flexibility index (Phi) is 3.68. The number of aliphatic imine (C=N–C) groups is 1. The van der Waals surface area contributed by atoms with Gasteiger partial charge < -0.3 is 5.11 Å². The van der Waals surface area contributed by atoms with Crippen molar-refractivity contribution in [3.8, 4) is 5.88 Å². The normalized spacial score (nSPS) is 14.9. The van der Waals surface area contributed by atoms with Crippen LogP contribution in [0.2, 0.25) is 0 Å². The summed E-state index contributed by atoms with van der Waals surface area (Å²) >= 11 is 0. The molecule has 4 heteroatoms. The van der Waals surface area contributed by atoms with Gasteiger partial charge in [-0.05, 0) is 31.4 Å². The molecule has 1 N–H and O–H groups in total. The Bertz CT molecular complexity index is 996. The molecule has 0 radical (unpaired) electrons. The third-order valence-electron chi connectivity index (χ3n) is 4.56.